The van der Waals surface area contributed by atoms with Gasteiger partial charge >= 0.3 is 0 Å². The van der Waals surface area contributed by atoms with Crippen molar-refractivity contribution >= 4 is 17.5 Å². The van der Waals surface area contributed by atoms with E-state index < -0.39 is 0 Å². The largest absolute Gasteiger partial charge is 0.344 e. The van der Waals surface area contributed by atoms with Gasteiger partial charge in [0.25, 0.3) is 0 Å². The number of hydrogen-bond acceptors (Lipinski definition) is 3. The van der Waals surface area contributed by atoms with Crippen LogP contribution >= 0.6 is 11.6 Å². The van der Waals surface area contributed by atoms with E-state index >= 15 is 0 Å². The predicted octanol–water partition coefficient (Wildman–Crippen LogP) is 2.70. The molecule has 5 heteroatoms. The van der Waals surface area contributed by atoms with Crippen LogP contribution in [0, 0.1) is 11.3 Å². The Balaban J connectivity index is 2.57. The van der Waals surface area contributed by atoms with Gasteiger partial charge in [0.2, 0.25) is 5.91 Å². The molecule has 0 heterocycles. The summed E-state index contributed by atoms with van der Waals surface area (Å²) in [7, 11) is 3.63. The smallest absolute Gasteiger partial charge is 0.236 e. The Morgan fingerprint density at radius 3 is 2.50 bits per heavy atom. The second kappa shape index (κ2) is 7.88. The van der Waals surface area contributed by atoms with Gasteiger partial charge in [0, 0.05) is 24.7 Å². The summed E-state index contributed by atoms with van der Waals surface area (Å²) in [5, 5.41) is 9.23. The third-order valence-electron chi connectivity index (χ3n) is 3.38. The van der Waals surface area contributed by atoms with Gasteiger partial charge in [0.05, 0.1) is 19.0 Å². The van der Waals surface area contributed by atoms with E-state index in [-0.39, 0.29) is 11.9 Å². The summed E-state index contributed by atoms with van der Waals surface area (Å²) < 4.78 is 0. The van der Waals surface area contributed by atoms with E-state index in [0.717, 1.165) is 5.56 Å². The van der Waals surface area contributed by atoms with Gasteiger partial charge in [0.1, 0.15) is 0 Å². The van der Waals surface area contributed by atoms with Gasteiger partial charge in [-0.15, -0.1) is 0 Å². The fourth-order valence-electron chi connectivity index (χ4n) is 1.81. The first-order valence-electron chi connectivity index (χ1n) is 6.52. The molecular weight excluding hydrogens is 274 g/mol. The quantitative estimate of drug-likeness (QED) is 0.810. The minimum Gasteiger partial charge on any atom is -0.344 e. The number of nitriles is 1. The average molecular weight is 294 g/mol. The molecule has 1 amide bonds. The summed E-state index contributed by atoms with van der Waals surface area (Å²) in [5.74, 6) is 0.0172. The zero-order valence-corrected chi connectivity index (χ0v) is 12.9. The first-order chi connectivity index (χ1) is 9.45. The van der Waals surface area contributed by atoms with Gasteiger partial charge in [0.15, 0.2) is 0 Å². The highest BCUT2D eigenvalue weighted by molar-refractivity contribution is 6.30. The third-order valence-corrected chi connectivity index (χ3v) is 3.63. The molecule has 0 saturated heterocycles. The van der Waals surface area contributed by atoms with Crippen molar-refractivity contribution in [3.8, 4) is 6.07 Å². The van der Waals surface area contributed by atoms with E-state index in [0.29, 0.717) is 24.5 Å². The first kappa shape index (κ1) is 16.5. The lowest BCUT2D eigenvalue weighted by molar-refractivity contribution is -0.131. The predicted molar refractivity (Wildman–Crippen MR) is 80.4 cm³/mol. The maximum absolute atomic E-state index is 12.0. The van der Waals surface area contributed by atoms with Crippen molar-refractivity contribution in [2.24, 2.45) is 0 Å². The molecule has 0 fully saturated rings. The molecule has 0 aromatic heterocycles. The van der Waals surface area contributed by atoms with Crippen molar-refractivity contribution in [1.29, 1.82) is 5.26 Å². The Kier molecular flexibility index (Phi) is 6.50. The number of carbonyl (C=O) groups excluding carboxylic acids is 1. The van der Waals surface area contributed by atoms with E-state index in [1.54, 1.807) is 11.9 Å². The molecule has 108 valence electrons. The molecule has 1 aromatic carbocycles. The lowest BCUT2D eigenvalue weighted by atomic mass is 10.1. The van der Waals surface area contributed by atoms with E-state index in [4.69, 9.17) is 16.9 Å². The molecular formula is C15H20ClN3O. The lowest BCUT2D eigenvalue weighted by Gasteiger charge is -2.26. The maximum atomic E-state index is 12.0. The Bertz CT molecular complexity index is 481. The standard InChI is InChI=1S/C15H20ClN3O/c1-12(13-5-7-14(16)8-6-13)19(3)11-15(20)18(2)10-4-9-17/h5-8,12H,4,10-11H2,1-3H3. The summed E-state index contributed by atoms with van der Waals surface area (Å²) in [4.78, 5) is 15.6. The fraction of sp³-hybridized carbons (Fsp3) is 0.467. The van der Waals surface area contributed by atoms with Crippen molar-refractivity contribution in [2.75, 3.05) is 27.2 Å². The second-order valence-corrected chi connectivity index (χ2v) is 5.30. The van der Waals surface area contributed by atoms with Crippen LogP contribution < -0.4 is 0 Å². The van der Waals surface area contributed by atoms with E-state index in [1.165, 1.54) is 0 Å². The molecule has 4 nitrogen and oxygen atoms in total. The number of amides is 1. The highest BCUT2D eigenvalue weighted by Crippen LogP contribution is 2.20. The van der Waals surface area contributed by atoms with Crippen LogP contribution in [-0.4, -0.2) is 42.9 Å². The van der Waals surface area contributed by atoms with Crippen LogP contribution in [0.1, 0.15) is 24.9 Å². The van der Waals surface area contributed by atoms with Crippen LogP contribution in [0.25, 0.3) is 0 Å². The molecule has 1 atom stereocenters. The van der Waals surface area contributed by atoms with Crippen molar-refractivity contribution in [3.63, 3.8) is 0 Å². The monoisotopic (exact) mass is 293 g/mol. The maximum Gasteiger partial charge on any atom is 0.236 e. The Hall–Kier alpha value is -1.57. The highest BCUT2D eigenvalue weighted by Gasteiger charge is 2.17. The van der Waals surface area contributed by atoms with E-state index in [9.17, 15) is 4.79 Å². The molecule has 1 unspecified atom stereocenters. The number of nitrogens with zero attached hydrogens (tertiary/aromatic N) is 3. The molecule has 0 aliphatic heterocycles. The number of rotatable bonds is 6. The molecule has 0 bridgehead atoms. The summed E-state index contributed by atoms with van der Waals surface area (Å²) in [5.41, 5.74) is 1.12. The minimum absolute atomic E-state index is 0.0172. The summed E-state index contributed by atoms with van der Waals surface area (Å²) in [6, 6.07) is 9.80. The molecule has 0 aliphatic carbocycles. The third kappa shape index (κ3) is 4.84. The Labute approximate surface area is 125 Å². The second-order valence-electron chi connectivity index (χ2n) is 4.87. The minimum atomic E-state index is 0.0172. The lowest BCUT2D eigenvalue weighted by Crippen LogP contribution is -2.38. The fourth-order valence-corrected chi connectivity index (χ4v) is 1.94. The highest BCUT2D eigenvalue weighted by atomic mass is 35.5. The van der Waals surface area contributed by atoms with Crippen LogP contribution in [-0.2, 0) is 4.79 Å². The summed E-state index contributed by atoms with van der Waals surface area (Å²) >= 11 is 5.87. The number of benzene rings is 1. The normalized spacial score (nSPS) is 12.0. The van der Waals surface area contributed by atoms with Crippen molar-refractivity contribution in [3.05, 3.63) is 34.9 Å². The van der Waals surface area contributed by atoms with Crippen molar-refractivity contribution in [2.45, 2.75) is 19.4 Å². The molecule has 0 spiro atoms. The van der Waals surface area contributed by atoms with Gasteiger partial charge in [-0.3, -0.25) is 9.69 Å². The number of likely N-dealkylation sites (N-methyl/N-ethyl adjacent to an activating group) is 2. The van der Waals surface area contributed by atoms with Crippen molar-refractivity contribution < 1.29 is 4.79 Å². The molecule has 1 rings (SSSR count). The zero-order chi connectivity index (χ0) is 15.1. The van der Waals surface area contributed by atoms with Crippen LogP contribution in [0.5, 0.6) is 0 Å². The molecule has 20 heavy (non-hydrogen) atoms. The summed E-state index contributed by atoms with van der Waals surface area (Å²) in [6.45, 7) is 2.84. The molecule has 1 aromatic rings. The van der Waals surface area contributed by atoms with Gasteiger partial charge in [-0.1, -0.05) is 23.7 Å². The topological polar surface area (TPSA) is 47.3 Å². The van der Waals surface area contributed by atoms with Gasteiger partial charge in [-0.2, -0.15) is 5.26 Å². The van der Waals surface area contributed by atoms with Crippen LogP contribution in [0.15, 0.2) is 24.3 Å². The molecule has 0 N–H and O–H groups in total. The average Bonchev–Trinajstić information content (AvgIpc) is 2.44. The molecule has 0 saturated carbocycles. The zero-order valence-electron chi connectivity index (χ0n) is 12.1. The van der Waals surface area contributed by atoms with Crippen LogP contribution in [0.2, 0.25) is 5.02 Å². The van der Waals surface area contributed by atoms with Gasteiger partial charge in [-0.05, 0) is 31.7 Å². The Morgan fingerprint density at radius 2 is 1.95 bits per heavy atom. The van der Waals surface area contributed by atoms with Gasteiger partial charge in [-0.25, -0.2) is 0 Å². The molecule has 0 aliphatic rings. The summed E-state index contributed by atoms with van der Waals surface area (Å²) in [6.07, 6.45) is 0.360. The number of halogens is 1. The van der Waals surface area contributed by atoms with E-state index in [2.05, 4.69) is 0 Å². The SMILES string of the molecule is CC(c1ccc(Cl)cc1)N(C)CC(=O)N(C)CCC#N. The molecule has 0 radical (unpaired) electrons. The number of carbonyl (C=O) groups is 1. The van der Waals surface area contributed by atoms with Gasteiger partial charge < -0.3 is 4.90 Å². The van der Waals surface area contributed by atoms with Crippen molar-refractivity contribution in [1.82, 2.24) is 9.80 Å². The van der Waals surface area contributed by atoms with Crippen LogP contribution in [0.4, 0.5) is 0 Å². The first-order valence-corrected chi connectivity index (χ1v) is 6.90. The van der Waals surface area contributed by atoms with E-state index in [1.807, 2.05) is 49.2 Å². The number of hydrogen-bond donors (Lipinski definition) is 0. The van der Waals surface area contributed by atoms with Crippen LogP contribution in [0.3, 0.4) is 0 Å². The Morgan fingerprint density at radius 1 is 1.35 bits per heavy atom.